The van der Waals surface area contributed by atoms with E-state index in [1.54, 1.807) is 16.7 Å². The average Bonchev–Trinajstić information content (AvgIpc) is 3.12. The number of nitrogens with zero attached hydrogens (tertiary/aromatic N) is 1. The van der Waals surface area contributed by atoms with Crippen molar-refractivity contribution >= 4 is 28.6 Å². The molecule has 1 amide bonds. The molecule has 0 atom stereocenters. The van der Waals surface area contributed by atoms with Crippen molar-refractivity contribution in [3.63, 3.8) is 0 Å². The number of thiophene rings is 1. The van der Waals surface area contributed by atoms with Crippen LogP contribution in [-0.2, 0) is 0 Å². The molecule has 0 spiro atoms. The zero-order chi connectivity index (χ0) is 15.3. The third kappa shape index (κ3) is 4.62. The van der Waals surface area contributed by atoms with E-state index in [2.05, 4.69) is 24.1 Å². The van der Waals surface area contributed by atoms with Gasteiger partial charge in [0.2, 0.25) is 0 Å². The molecule has 0 aliphatic carbocycles. The van der Waals surface area contributed by atoms with Gasteiger partial charge in [0.25, 0.3) is 5.91 Å². The Hall–Kier alpha value is -1.24. The Morgan fingerprint density at radius 1 is 1.43 bits per heavy atom. The molecule has 2 aromatic heterocycles. The summed E-state index contributed by atoms with van der Waals surface area (Å²) in [5.74, 6) is -0.134. The summed E-state index contributed by atoms with van der Waals surface area (Å²) in [5, 5.41) is 18.5. The normalized spacial score (nSPS) is 11.6. The van der Waals surface area contributed by atoms with Crippen molar-refractivity contribution in [2.75, 3.05) is 13.2 Å². The van der Waals surface area contributed by atoms with E-state index >= 15 is 0 Å². The molecule has 0 aliphatic rings. The first kappa shape index (κ1) is 16.1. The van der Waals surface area contributed by atoms with Crippen LogP contribution < -0.4 is 5.32 Å². The molecule has 2 heterocycles. The summed E-state index contributed by atoms with van der Waals surface area (Å²) in [6.45, 7) is 4.94. The predicted octanol–water partition coefficient (Wildman–Crippen LogP) is 3.40. The van der Waals surface area contributed by atoms with Gasteiger partial charge in [-0.3, -0.25) is 4.79 Å². The topological polar surface area (TPSA) is 62.2 Å². The van der Waals surface area contributed by atoms with E-state index in [0.29, 0.717) is 12.2 Å². The van der Waals surface area contributed by atoms with Crippen molar-refractivity contribution in [1.82, 2.24) is 10.3 Å². The number of aromatic nitrogens is 1. The molecule has 0 fully saturated rings. The molecule has 0 aliphatic heterocycles. The van der Waals surface area contributed by atoms with Gasteiger partial charge in [-0.2, -0.15) is 11.3 Å². The Morgan fingerprint density at radius 2 is 2.24 bits per heavy atom. The van der Waals surface area contributed by atoms with Crippen LogP contribution in [-0.4, -0.2) is 29.1 Å². The second-order valence-corrected chi connectivity index (χ2v) is 7.36. The van der Waals surface area contributed by atoms with Crippen molar-refractivity contribution in [3.05, 3.63) is 27.9 Å². The second kappa shape index (κ2) is 7.15. The molecule has 6 heteroatoms. The largest absolute Gasteiger partial charge is 0.396 e. The Labute approximate surface area is 132 Å². The number of hydrogen-bond donors (Lipinski definition) is 2. The minimum atomic E-state index is -0.134. The first-order chi connectivity index (χ1) is 10.0. The fourth-order valence-corrected chi connectivity index (χ4v) is 3.47. The minimum absolute atomic E-state index is 0.0232. The Morgan fingerprint density at radius 3 is 2.90 bits per heavy atom. The van der Waals surface area contributed by atoms with Crippen LogP contribution in [0.2, 0.25) is 0 Å². The quantitative estimate of drug-likeness (QED) is 0.820. The summed E-state index contributed by atoms with van der Waals surface area (Å²) in [5.41, 5.74) is 1.51. The van der Waals surface area contributed by atoms with E-state index in [1.165, 1.54) is 11.3 Å². The lowest BCUT2D eigenvalue weighted by Crippen LogP contribution is -2.34. The monoisotopic (exact) mass is 324 g/mol. The number of amides is 1. The number of thiazole rings is 1. The number of hydrogen-bond acceptors (Lipinski definition) is 5. The Bertz CT molecular complexity index is 576. The molecule has 2 N–H and O–H groups in total. The van der Waals surface area contributed by atoms with Crippen molar-refractivity contribution in [3.8, 4) is 10.6 Å². The molecule has 0 aromatic carbocycles. The standard InChI is InChI=1S/C15H20N2O2S2/c1-15(2,5-3-6-18)10-16-13(19)12-9-21-14(17-12)11-4-7-20-8-11/h4,7-9,18H,3,5-6,10H2,1-2H3,(H,16,19). The van der Waals surface area contributed by atoms with Gasteiger partial charge in [-0.15, -0.1) is 11.3 Å². The maximum Gasteiger partial charge on any atom is 0.270 e. The molecule has 4 nitrogen and oxygen atoms in total. The molecule has 21 heavy (non-hydrogen) atoms. The minimum Gasteiger partial charge on any atom is -0.396 e. The molecule has 0 saturated heterocycles. The molecule has 0 saturated carbocycles. The van der Waals surface area contributed by atoms with Crippen LogP contribution in [0, 0.1) is 5.41 Å². The lowest BCUT2D eigenvalue weighted by Gasteiger charge is -2.24. The van der Waals surface area contributed by atoms with E-state index in [4.69, 9.17) is 5.11 Å². The molecular weight excluding hydrogens is 304 g/mol. The molecule has 0 radical (unpaired) electrons. The Kier molecular flexibility index (Phi) is 5.50. The van der Waals surface area contributed by atoms with Crippen LogP contribution in [0.5, 0.6) is 0 Å². The highest BCUT2D eigenvalue weighted by Crippen LogP contribution is 2.26. The first-order valence-electron chi connectivity index (χ1n) is 6.89. The highest BCUT2D eigenvalue weighted by molar-refractivity contribution is 7.14. The third-order valence-electron chi connectivity index (χ3n) is 3.24. The molecule has 0 bridgehead atoms. The van der Waals surface area contributed by atoms with Crippen molar-refractivity contribution in [1.29, 1.82) is 0 Å². The van der Waals surface area contributed by atoms with Crippen LogP contribution in [0.15, 0.2) is 22.2 Å². The van der Waals surface area contributed by atoms with Crippen molar-refractivity contribution in [2.45, 2.75) is 26.7 Å². The van der Waals surface area contributed by atoms with Gasteiger partial charge in [0.15, 0.2) is 0 Å². The van der Waals surface area contributed by atoms with E-state index < -0.39 is 0 Å². The first-order valence-corrected chi connectivity index (χ1v) is 8.71. The molecule has 0 unspecified atom stereocenters. The van der Waals surface area contributed by atoms with Crippen molar-refractivity contribution < 1.29 is 9.90 Å². The van der Waals surface area contributed by atoms with E-state index in [9.17, 15) is 4.79 Å². The summed E-state index contributed by atoms with van der Waals surface area (Å²) < 4.78 is 0. The summed E-state index contributed by atoms with van der Waals surface area (Å²) in [6, 6.07) is 2.00. The number of aliphatic hydroxyl groups excluding tert-OH is 1. The van der Waals surface area contributed by atoms with E-state index in [0.717, 1.165) is 23.4 Å². The molecule has 2 aromatic rings. The fraction of sp³-hybridized carbons (Fsp3) is 0.467. The number of carbonyl (C=O) groups is 1. The number of nitrogens with one attached hydrogen (secondary N) is 1. The zero-order valence-corrected chi connectivity index (χ0v) is 13.9. The summed E-state index contributed by atoms with van der Waals surface area (Å²) >= 11 is 3.10. The molecular formula is C15H20N2O2S2. The lowest BCUT2D eigenvalue weighted by atomic mass is 9.88. The van der Waals surface area contributed by atoms with Crippen LogP contribution in [0.25, 0.3) is 10.6 Å². The van der Waals surface area contributed by atoms with E-state index in [-0.39, 0.29) is 17.9 Å². The van der Waals surface area contributed by atoms with Gasteiger partial charge < -0.3 is 10.4 Å². The highest BCUT2D eigenvalue weighted by atomic mass is 32.1. The highest BCUT2D eigenvalue weighted by Gasteiger charge is 2.20. The van der Waals surface area contributed by atoms with Gasteiger partial charge in [-0.1, -0.05) is 13.8 Å². The predicted molar refractivity (Wildman–Crippen MR) is 87.9 cm³/mol. The summed E-state index contributed by atoms with van der Waals surface area (Å²) in [7, 11) is 0. The lowest BCUT2D eigenvalue weighted by molar-refractivity contribution is 0.0928. The van der Waals surface area contributed by atoms with E-state index in [1.807, 2.05) is 16.8 Å². The SMILES string of the molecule is CC(C)(CCCO)CNC(=O)c1csc(-c2ccsc2)n1. The Balaban J connectivity index is 1.92. The van der Waals surface area contributed by atoms with Crippen LogP contribution >= 0.6 is 22.7 Å². The van der Waals surface area contributed by atoms with Crippen LogP contribution in [0.4, 0.5) is 0 Å². The van der Waals surface area contributed by atoms with Gasteiger partial charge in [0.1, 0.15) is 10.7 Å². The maximum absolute atomic E-state index is 12.1. The van der Waals surface area contributed by atoms with Gasteiger partial charge in [0.05, 0.1) is 0 Å². The average molecular weight is 324 g/mol. The van der Waals surface area contributed by atoms with Crippen molar-refractivity contribution in [2.24, 2.45) is 5.41 Å². The van der Waals surface area contributed by atoms with Crippen LogP contribution in [0.3, 0.4) is 0 Å². The molecule has 2 rings (SSSR count). The van der Waals surface area contributed by atoms with Gasteiger partial charge >= 0.3 is 0 Å². The maximum atomic E-state index is 12.1. The summed E-state index contributed by atoms with van der Waals surface area (Å²) in [6.07, 6.45) is 1.63. The van der Waals surface area contributed by atoms with Gasteiger partial charge in [-0.25, -0.2) is 4.98 Å². The fourth-order valence-electron chi connectivity index (χ4n) is 1.95. The number of aliphatic hydroxyl groups is 1. The molecule has 114 valence electrons. The third-order valence-corrected chi connectivity index (χ3v) is 4.82. The second-order valence-electron chi connectivity index (χ2n) is 5.72. The summed E-state index contributed by atoms with van der Waals surface area (Å²) in [4.78, 5) is 16.5. The number of carbonyl (C=O) groups excluding carboxylic acids is 1. The number of rotatable bonds is 7. The smallest absolute Gasteiger partial charge is 0.270 e. The van der Waals surface area contributed by atoms with Gasteiger partial charge in [-0.05, 0) is 29.7 Å². The van der Waals surface area contributed by atoms with Crippen LogP contribution in [0.1, 0.15) is 37.2 Å². The zero-order valence-electron chi connectivity index (χ0n) is 12.3. The van der Waals surface area contributed by atoms with Gasteiger partial charge in [0, 0.05) is 29.5 Å².